The van der Waals surface area contributed by atoms with Gasteiger partial charge in [-0.25, -0.2) is 5.10 Å². The maximum absolute atomic E-state index is 5.66. The van der Waals surface area contributed by atoms with Crippen molar-refractivity contribution in [3.05, 3.63) is 52.1 Å². The van der Waals surface area contributed by atoms with Crippen LogP contribution in [0.4, 0.5) is 0 Å². The molecule has 0 spiro atoms. The lowest BCUT2D eigenvalue weighted by atomic mass is 10.2. The van der Waals surface area contributed by atoms with Crippen molar-refractivity contribution < 1.29 is 4.74 Å². The summed E-state index contributed by atoms with van der Waals surface area (Å²) in [4.78, 5) is 1.01. The van der Waals surface area contributed by atoms with Crippen LogP contribution >= 0.6 is 23.6 Å². The minimum absolute atomic E-state index is 0.467. The van der Waals surface area contributed by atoms with Crippen LogP contribution < -0.4 is 4.74 Å². The average molecular weight is 358 g/mol. The van der Waals surface area contributed by atoms with Crippen molar-refractivity contribution in [2.75, 3.05) is 6.61 Å². The number of H-pyrrole nitrogens is 1. The van der Waals surface area contributed by atoms with Gasteiger partial charge in [-0.05, 0) is 59.9 Å². The molecule has 0 fully saturated rings. The smallest absolute Gasteiger partial charge is 0.216 e. The second-order valence-corrected chi connectivity index (χ2v) is 6.49. The summed E-state index contributed by atoms with van der Waals surface area (Å²) in [6.45, 7) is 2.90. The van der Waals surface area contributed by atoms with Crippen LogP contribution in [0, 0.1) is 4.77 Å². The van der Waals surface area contributed by atoms with Crippen molar-refractivity contribution in [2.24, 2.45) is 5.10 Å². The molecule has 0 aliphatic carbocycles. The Bertz CT molecular complexity index is 848. The van der Waals surface area contributed by atoms with Gasteiger partial charge in [0.1, 0.15) is 5.75 Å². The third-order valence-electron chi connectivity index (χ3n) is 3.36. The van der Waals surface area contributed by atoms with Gasteiger partial charge in [0, 0.05) is 0 Å². The first-order chi connectivity index (χ1) is 11.8. The molecule has 1 aromatic carbocycles. The van der Waals surface area contributed by atoms with Crippen LogP contribution in [0.25, 0.3) is 10.7 Å². The number of ether oxygens (including phenoxy) is 1. The van der Waals surface area contributed by atoms with E-state index in [1.165, 1.54) is 0 Å². The van der Waals surface area contributed by atoms with Crippen LogP contribution in [0.5, 0.6) is 5.75 Å². The van der Waals surface area contributed by atoms with E-state index < -0.39 is 0 Å². The minimum Gasteiger partial charge on any atom is -0.494 e. The van der Waals surface area contributed by atoms with E-state index in [4.69, 9.17) is 17.0 Å². The summed E-state index contributed by atoms with van der Waals surface area (Å²) in [5.41, 5.74) is 0.970. The summed E-state index contributed by atoms with van der Waals surface area (Å²) >= 11 is 6.85. The number of benzene rings is 1. The third kappa shape index (κ3) is 3.98. The lowest BCUT2D eigenvalue weighted by molar-refractivity contribution is 0.309. The van der Waals surface area contributed by atoms with Crippen molar-refractivity contribution in [2.45, 2.75) is 19.8 Å². The Hall–Kier alpha value is -2.25. The summed E-state index contributed by atoms with van der Waals surface area (Å²) in [6.07, 6.45) is 3.95. The van der Waals surface area contributed by atoms with E-state index in [9.17, 15) is 0 Å². The number of nitrogens with zero attached hydrogens (tertiary/aromatic N) is 3. The van der Waals surface area contributed by atoms with Crippen LogP contribution in [0.3, 0.4) is 0 Å². The van der Waals surface area contributed by atoms with Crippen molar-refractivity contribution >= 4 is 29.8 Å². The Morgan fingerprint density at radius 3 is 2.88 bits per heavy atom. The number of nitrogens with one attached hydrogen (secondary N) is 1. The number of hydrogen-bond donors (Lipinski definition) is 1. The van der Waals surface area contributed by atoms with Crippen LogP contribution in [-0.4, -0.2) is 27.7 Å². The van der Waals surface area contributed by atoms with E-state index in [0.29, 0.717) is 10.6 Å². The average Bonchev–Trinajstić information content (AvgIpc) is 3.24. The quantitative estimate of drug-likeness (QED) is 0.377. The lowest BCUT2D eigenvalue weighted by Gasteiger charge is -2.05. The molecule has 124 valence electrons. The number of hydrogen-bond acceptors (Lipinski definition) is 5. The van der Waals surface area contributed by atoms with Crippen LogP contribution in [0.1, 0.15) is 25.3 Å². The van der Waals surface area contributed by atoms with Crippen molar-refractivity contribution in [1.29, 1.82) is 0 Å². The van der Waals surface area contributed by atoms with E-state index in [1.807, 2.05) is 41.8 Å². The molecule has 0 atom stereocenters. The van der Waals surface area contributed by atoms with E-state index in [1.54, 1.807) is 22.2 Å². The molecule has 2 heterocycles. The molecule has 0 aliphatic heterocycles. The van der Waals surface area contributed by atoms with Gasteiger partial charge in [-0.3, -0.25) is 0 Å². The molecule has 0 unspecified atom stereocenters. The molecule has 2 aromatic heterocycles. The predicted octanol–water partition coefficient (Wildman–Crippen LogP) is 4.73. The topological polar surface area (TPSA) is 55.2 Å². The first-order valence-corrected chi connectivity index (χ1v) is 9.05. The lowest BCUT2D eigenvalue weighted by Crippen LogP contribution is -1.97. The summed E-state index contributed by atoms with van der Waals surface area (Å²) in [5.74, 6) is 1.59. The number of unbranched alkanes of at least 4 members (excludes halogenated alkanes) is 1. The number of aromatic amines is 1. The molecule has 1 N–H and O–H groups in total. The van der Waals surface area contributed by atoms with Gasteiger partial charge in [0.2, 0.25) is 4.77 Å². The van der Waals surface area contributed by atoms with Crippen LogP contribution in [-0.2, 0) is 0 Å². The predicted molar refractivity (Wildman–Crippen MR) is 101 cm³/mol. The second kappa shape index (κ2) is 8.03. The molecule has 24 heavy (non-hydrogen) atoms. The zero-order valence-corrected chi connectivity index (χ0v) is 14.9. The minimum atomic E-state index is 0.467. The van der Waals surface area contributed by atoms with Crippen LogP contribution in [0.15, 0.2) is 46.9 Å². The van der Waals surface area contributed by atoms with Gasteiger partial charge in [-0.1, -0.05) is 19.4 Å². The van der Waals surface area contributed by atoms with Gasteiger partial charge in [-0.2, -0.15) is 14.9 Å². The van der Waals surface area contributed by atoms with E-state index in [2.05, 4.69) is 22.2 Å². The van der Waals surface area contributed by atoms with Crippen molar-refractivity contribution in [1.82, 2.24) is 14.9 Å². The molecular weight excluding hydrogens is 340 g/mol. The highest BCUT2D eigenvalue weighted by Gasteiger charge is 2.08. The van der Waals surface area contributed by atoms with Gasteiger partial charge >= 0.3 is 0 Å². The Kier molecular flexibility index (Phi) is 5.55. The SMILES string of the molecule is CCCCOc1ccc(/C=N\n2c(-c3cccs3)n[nH]c2=S)cc1. The Balaban J connectivity index is 1.75. The standard InChI is InChI=1S/C17H18N4OS2/c1-2-3-10-22-14-8-6-13(7-9-14)12-18-21-16(19-20-17(21)23)15-5-4-11-24-15/h4-9,11-12H,2-3,10H2,1H3,(H,20,23)/b18-12-. The Labute approximate surface area is 149 Å². The molecule has 0 aliphatic rings. The molecule has 0 saturated carbocycles. The number of thiophene rings is 1. The van der Waals surface area contributed by atoms with Crippen LogP contribution in [0.2, 0.25) is 0 Å². The molecule has 0 amide bonds. The van der Waals surface area contributed by atoms with Gasteiger partial charge in [0.05, 0.1) is 17.7 Å². The monoisotopic (exact) mass is 358 g/mol. The Morgan fingerprint density at radius 2 is 2.17 bits per heavy atom. The molecule has 7 heteroatoms. The van der Waals surface area contributed by atoms with E-state index >= 15 is 0 Å². The molecule has 5 nitrogen and oxygen atoms in total. The highest BCUT2D eigenvalue weighted by Crippen LogP contribution is 2.22. The molecule has 3 rings (SSSR count). The molecular formula is C17H18N4OS2. The third-order valence-corrected chi connectivity index (χ3v) is 4.49. The maximum atomic E-state index is 5.66. The summed E-state index contributed by atoms with van der Waals surface area (Å²) < 4.78 is 7.76. The first-order valence-electron chi connectivity index (χ1n) is 7.76. The van der Waals surface area contributed by atoms with E-state index in [-0.39, 0.29) is 0 Å². The second-order valence-electron chi connectivity index (χ2n) is 5.16. The van der Waals surface area contributed by atoms with Gasteiger partial charge < -0.3 is 4.74 Å². The zero-order valence-electron chi connectivity index (χ0n) is 13.3. The Morgan fingerprint density at radius 1 is 1.33 bits per heavy atom. The molecule has 3 aromatic rings. The zero-order chi connectivity index (χ0) is 16.8. The fourth-order valence-corrected chi connectivity index (χ4v) is 2.95. The maximum Gasteiger partial charge on any atom is 0.216 e. The molecule has 0 radical (unpaired) electrons. The largest absolute Gasteiger partial charge is 0.494 e. The summed E-state index contributed by atoms with van der Waals surface area (Å²) in [6, 6.07) is 11.8. The van der Waals surface area contributed by atoms with E-state index in [0.717, 1.165) is 35.6 Å². The van der Waals surface area contributed by atoms with Gasteiger partial charge in [0.15, 0.2) is 5.82 Å². The highest BCUT2D eigenvalue weighted by atomic mass is 32.1. The first kappa shape index (κ1) is 16.6. The van der Waals surface area contributed by atoms with Gasteiger partial charge in [-0.15, -0.1) is 11.3 Å². The number of rotatable bonds is 7. The van der Waals surface area contributed by atoms with Gasteiger partial charge in [0.25, 0.3) is 0 Å². The summed E-state index contributed by atoms with van der Waals surface area (Å²) in [5, 5.41) is 13.5. The molecule has 0 saturated heterocycles. The van der Waals surface area contributed by atoms with Crippen molar-refractivity contribution in [3.63, 3.8) is 0 Å². The summed E-state index contributed by atoms with van der Waals surface area (Å²) in [7, 11) is 0. The fraction of sp³-hybridized carbons (Fsp3) is 0.235. The highest BCUT2D eigenvalue weighted by molar-refractivity contribution is 7.71. The van der Waals surface area contributed by atoms with Crippen molar-refractivity contribution in [3.8, 4) is 16.5 Å². The molecule has 0 bridgehead atoms. The normalized spacial score (nSPS) is 11.2. The number of aromatic nitrogens is 3. The fourth-order valence-electron chi connectivity index (χ4n) is 2.07.